The molecule has 0 spiro atoms. The molecular formula is C23H43OP. The maximum atomic E-state index is 11.0. The molecule has 0 aliphatic carbocycles. The van der Waals surface area contributed by atoms with E-state index in [1.54, 1.807) is 0 Å². The van der Waals surface area contributed by atoms with Crippen LogP contribution < -0.4 is 5.30 Å². The minimum absolute atomic E-state index is 0.586. The number of phenolic OH excluding ortho intramolecular Hbond substituents is 1. The number of hydrogen-bond acceptors (Lipinski definition) is 1. The van der Waals surface area contributed by atoms with Crippen LogP contribution in [0.2, 0.25) is 0 Å². The molecule has 1 nitrogen and oxygen atoms in total. The molecular weight excluding hydrogens is 323 g/mol. The second-order valence-electron chi connectivity index (χ2n) is 8.27. The number of unbranched alkanes of at least 4 members (excludes halogenated alkanes) is 4. The molecule has 0 bridgehead atoms. The third-order valence-electron chi connectivity index (χ3n) is 6.20. The normalized spacial score (nSPS) is 13.6. The number of phenols is 1. The molecule has 0 saturated heterocycles. The van der Waals surface area contributed by atoms with Crippen LogP contribution in [0.15, 0.2) is 18.2 Å². The Balaban J connectivity index is 3.60. The Bertz CT molecular complexity index is 465. The molecule has 1 N–H and O–H groups in total. The molecule has 0 amide bonds. The van der Waals surface area contributed by atoms with Crippen molar-refractivity contribution in [3.05, 3.63) is 23.8 Å². The molecule has 2 heteroatoms. The molecule has 0 saturated carbocycles. The molecule has 0 fully saturated rings. The van der Waals surface area contributed by atoms with Crippen molar-refractivity contribution in [2.24, 2.45) is 0 Å². The van der Waals surface area contributed by atoms with Crippen molar-refractivity contribution in [2.45, 2.75) is 86.0 Å². The Morgan fingerprint density at radius 1 is 0.720 bits per heavy atom. The number of aromatic hydroxyl groups is 1. The first-order valence-electron chi connectivity index (χ1n) is 10.8. The predicted octanol–water partition coefficient (Wildman–Crippen LogP) is 7.08. The van der Waals surface area contributed by atoms with Crippen molar-refractivity contribution in [1.82, 2.24) is 0 Å². The van der Waals surface area contributed by atoms with Crippen LogP contribution in [0.1, 0.15) is 84.6 Å². The third-order valence-corrected chi connectivity index (χ3v) is 13.9. The minimum atomic E-state index is -2.13. The van der Waals surface area contributed by atoms with Gasteiger partial charge in [0.2, 0.25) is 0 Å². The Morgan fingerprint density at radius 3 is 1.48 bits per heavy atom. The Kier molecular flexibility index (Phi) is 9.50. The van der Waals surface area contributed by atoms with Gasteiger partial charge in [0, 0.05) is 0 Å². The van der Waals surface area contributed by atoms with Crippen molar-refractivity contribution in [3.63, 3.8) is 0 Å². The quantitative estimate of drug-likeness (QED) is 0.370. The molecule has 0 atom stereocenters. The fourth-order valence-corrected chi connectivity index (χ4v) is 12.8. The van der Waals surface area contributed by atoms with Gasteiger partial charge in [-0.15, -0.1) is 0 Å². The van der Waals surface area contributed by atoms with Gasteiger partial charge in [-0.3, -0.25) is 0 Å². The van der Waals surface area contributed by atoms with Crippen LogP contribution in [-0.4, -0.2) is 29.8 Å². The molecule has 0 unspecified atom stereocenters. The monoisotopic (exact) mass is 366 g/mol. The van der Waals surface area contributed by atoms with Crippen LogP contribution in [0.3, 0.4) is 0 Å². The van der Waals surface area contributed by atoms with Gasteiger partial charge < -0.3 is 0 Å². The van der Waals surface area contributed by atoms with E-state index in [9.17, 15) is 5.11 Å². The van der Waals surface area contributed by atoms with Crippen molar-refractivity contribution in [1.29, 1.82) is 0 Å². The van der Waals surface area contributed by atoms with Gasteiger partial charge in [0.15, 0.2) is 0 Å². The molecule has 0 aliphatic rings. The fraction of sp³-hybridized carbons (Fsp3) is 0.739. The summed E-state index contributed by atoms with van der Waals surface area (Å²) in [6.45, 7) is 9.34. The van der Waals surface area contributed by atoms with Crippen molar-refractivity contribution >= 4 is 11.9 Å². The van der Waals surface area contributed by atoms with Gasteiger partial charge >= 0.3 is 157 Å². The van der Waals surface area contributed by atoms with Crippen molar-refractivity contribution in [2.75, 3.05) is 24.6 Å². The number of benzene rings is 1. The predicted molar refractivity (Wildman–Crippen MR) is 118 cm³/mol. The van der Waals surface area contributed by atoms with Gasteiger partial charge in [-0.1, -0.05) is 0 Å². The molecule has 0 aromatic heterocycles. The van der Waals surface area contributed by atoms with Crippen LogP contribution >= 0.6 is 6.60 Å². The van der Waals surface area contributed by atoms with Crippen molar-refractivity contribution < 1.29 is 5.11 Å². The first-order valence-corrected chi connectivity index (χ1v) is 13.8. The van der Waals surface area contributed by atoms with Crippen LogP contribution in [0.4, 0.5) is 0 Å². The molecule has 0 heterocycles. The van der Waals surface area contributed by atoms with E-state index in [0.717, 1.165) is 0 Å². The van der Waals surface area contributed by atoms with Crippen LogP contribution in [0.5, 0.6) is 5.75 Å². The molecule has 0 aliphatic heterocycles. The summed E-state index contributed by atoms with van der Waals surface area (Å²) in [5, 5.41) is 12.3. The molecule has 25 heavy (non-hydrogen) atoms. The summed E-state index contributed by atoms with van der Waals surface area (Å²) in [5.41, 5.74) is 1.31. The zero-order valence-corrected chi connectivity index (χ0v) is 18.5. The number of aryl methyl sites for hydroxylation is 1. The molecule has 146 valence electrons. The summed E-state index contributed by atoms with van der Waals surface area (Å²) in [6, 6.07) is 6.41. The first kappa shape index (κ1) is 22.5. The molecule has 1 rings (SSSR count). The van der Waals surface area contributed by atoms with E-state index in [-0.39, 0.29) is 0 Å². The van der Waals surface area contributed by atoms with E-state index in [1.165, 1.54) is 86.9 Å². The van der Waals surface area contributed by atoms with Crippen molar-refractivity contribution in [3.8, 4) is 5.75 Å². The number of hydrogen-bond donors (Lipinski definition) is 1. The SMILES string of the molecule is CCCCP(CCCC)(CCCC)(CCCC)c1cc(C)ccc1O. The van der Waals surface area contributed by atoms with Gasteiger partial charge in [-0.2, -0.15) is 0 Å². The standard InChI is InChI=1S/C23H43OP/c1-6-10-16-25(17-11-7-2,18-12-8-3,19-13-9-4)23-20-21(5)14-15-22(23)24/h14-15,20,24H,6-13,16-19H2,1-5H3. The van der Waals surface area contributed by atoms with E-state index in [1.807, 2.05) is 6.07 Å². The molecule has 0 radical (unpaired) electrons. The fourth-order valence-electron chi connectivity index (χ4n) is 4.58. The van der Waals surface area contributed by atoms with E-state index < -0.39 is 6.60 Å². The van der Waals surface area contributed by atoms with E-state index in [0.29, 0.717) is 5.75 Å². The maximum absolute atomic E-state index is 11.0. The van der Waals surface area contributed by atoms with E-state index >= 15 is 0 Å². The Labute approximate surface area is 157 Å². The van der Waals surface area contributed by atoms with Gasteiger partial charge in [-0.05, 0) is 0 Å². The zero-order chi connectivity index (χ0) is 18.8. The third kappa shape index (κ3) is 5.46. The van der Waals surface area contributed by atoms with E-state index in [4.69, 9.17) is 0 Å². The summed E-state index contributed by atoms with van der Waals surface area (Å²) in [4.78, 5) is 0. The van der Waals surface area contributed by atoms with Gasteiger partial charge in [0.1, 0.15) is 0 Å². The Hall–Kier alpha value is -0.550. The second kappa shape index (κ2) is 10.6. The van der Waals surface area contributed by atoms with Gasteiger partial charge in [0.25, 0.3) is 0 Å². The Morgan fingerprint density at radius 2 is 1.12 bits per heavy atom. The summed E-state index contributed by atoms with van der Waals surface area (Å²) in [5.74, 6) is 0.586. The summed E-state index contributed by atoms with van der Waals surface area (Å²) < 4.78 is 0. The molecule has 1 aromatic carbocycles. The van der Waals surface area contributed by atoms with Crippen LogP contribution in [-0.2, 0) is 0 Å². The summed E-state index contributed by atoms with van der Waals surface area (Å²) >= 11 is 0. The summed E-state index contributed by atoms with van der Waals surface area (Å²) in [6.07, 6.45) is 15.7. The first-order chi connectivity index (χ1) is 12.0. The zero-order valence-electron chi connectivity index (χ0n) is 17.6. The number of rotatable bonds is 13. The van der Waals surface area contributed by atoms with Gasteiger partial charge in [0.05, 0.1) is 0 Å². The molecule has 1 aromatic rings. The van der Waals surface area contributed by atoms with Crippen LogP contribution in [0, 0.1) is 6.92 Å². The van der Waals surface area contributed by atoms with Gasteiger partial charge in [-0.25, -0.2) is 0 Å². The second-order valence-corrected chi connectivity index (χ2v) is 14.5. The topological polar surface area (TPSA) is 20.2 Å². The average Bonchev–Trinajstić information content (AvgIpc) is 2.63. The average molecular weight is 367 g/mol. The van der Waals surface area contributed by atoms with E-state index in [2.05, 4.69) is 46.8 Å². The van der Waals surface area contributed by atoms with Crippen LogP contribution in [0.25, 0.3) is 0 Å². The summed E-state index contributed by atoms with van der Waals surface area (Å²) in [7, 11) is 0.